The molecule has 1 aromatic rings. The SMILES string of the molecule is CCC1CN(c2cc(N)nc(C(F)(F)F)n2)CCS1. The monoisotopic (exact) mass is 292 g/mol. The molecular formula is C11H15F3N4S. The summed E-state index contributed by atoms with van der Waals surface area (Å²) in [6.45, 7) is 3.43. The van der Waals surface area contributed by atoms with Crippen LogP contribution in [-0.4, -0.2) is 34.1 Å². The molecule has 0 saturated carbocycles. The second-order valence-corrected chi connectivity index (χ2v) is 5.73. The molecule has 4 nitrogen and oxygen atoms in total. The molecule has 1 atom stereocenters. The molecular weight excluding hydrogens is 277 g/mol. The molecule has 19 heavy (non-hydrogen) atoms. The Balaban J connectivity index is 2.26. The van der Waals surface area contributed by atoms with Gasteiger partial charge in [-0.05, 0) is 6.42 Å². The third kappa shape index (κ3) is 3.43. The lowest BCUT2D eigenvalue weighted by Crippen LogP contribution is -2.38. The molecule has 1 aliphatic heterocycles. The number of alkyl halides is 3. The van der Waals surface area contributed by atoms with Gasteiger partial charge in [0.25, 0.3) is 0 Å². The van der Waals surface area contributed by atoms with Gasteiger partial charge in [-0.25, -0.2) is 9.97 Å². The van der Waals surface area contributed by atoms with Crippen LogP contribution in [0.1, 0.15) is 19.2 Å². The third-order valence-corrected chi connectivity index (χ3v) is 4.28. The first-order chi connectivity index (χ1) is 8.90. The van der Waals surface area contributed by atoms with E-state index in [2.05, 4.69) is 16.9 Å². The number of hydrogen-bond donors (Lipinski definition) is 1. The molecule has 1 saturated heterocycles. The van der Waals surface area contributed by atoms with Crippen LogP contribution >= 0.6 is 11.8 Å². The largest absolute Gasteiger partial charge is 0.451 e. The second-order valence-electron chi connectivity index (χ2n) is 4.32. The predicted molar refractivity (Wildman–Crippen MR) is 70.2 cm³/mol. The van der Waals surface area contributed by atoms with Gasteiger partial charge in [0.05, 0.1) is 0 Å². The van der Waals surface area contributed by atoms with Gasteiger partial charge in [-0.1, -0.05) is 6.92 Å². The van der Waals surface area contributed by atoms with Crippen LogP contribution in [0.2, 0.25) is 0 Å². The number of halogens is 3. The van der Waals surface area contributed by atoms with E-state index in [0.29, 0.717) is 18.3 Å². The summed E-state index contributed by atoms with van der Waals surface area (Å²) in [5.41, 5.74) is 5.45. The van der Waals surface area contributed by atoms with Crippen molar-refractivity contribution in [3.63, 3.8) is 0 Å². The number of nitrogens with zero attached hydrogens (tertiary/aromatic N) is 3. The van der Waals surface area contributed by atoms with Gasteiger partial charge in [-0.3, -0.25) is 0 Å². The predicted octanol–water partition coefficient (Wildman–Crippen LogP) is 2.41. The zero-order valence-electron chi connectivity index (χ0n) is 10.4. The first-order valence-corrected chi connectivity index (χ1v) is 7.03. The molecule has 1 fully saturated rings. The first kappa shape index (κ1) is 14.2. The summed E-state index contributed by atoms with van der Waals surface area (Å²) in [5, 5.41) is 0.416. The number of hydrogen-bond acceptors (Lipinski definition) is 5. The third-order valence-electron chi connectivity index (χ3n) is 2.90. The lowest BCUT2D eigenvalue weighted by Gasteiger charge is -2.33. The minimum Gasteiger partial charge on any atom is -0.384 e. The van der Waals surface area contributed by atoms with Crippen molar-refractivity contribution in [3.8, 4) is 0 Å². The average molecular weight is 292 g/mol. The molecule has 0 bridgehead atoms. The Hall–Kier alpha value is -1.18. The van der Waals surface area contributed by atoms with Gasteiger partial charge < -0.3 is 10.6 Å². The van der Waals surface area contributed by atoms with E-state index in [1.54, 1.807) is 0 Å². The van der Waals surface area contributed by atoms with Gasteiger partial charge in [-0.2, -0.15) is 24.9 Å². The van der Waals surface area contributed by atoms with Gasteiger partial charge in [-0.15, -0.1) is 0 Å². The summed E-state index contributed by atoms with van der Waals surface area (Å²) in [6.07, 6.45) is -3.59. The van der Waals surface area contributed by atoms with Crippen molar-refractivity contribution in [3.05, 3.63) is 11.9 Å². The fourth-order valence-corrected chi connectivity index (χ4v) is 3.10. The van der Waals surface area contributed by atoms with Gasteiger partial charge in [0.1, 0.15) is 11.6 Å². The maximum absolute atomic E-state index is 12.7. The summed E-state index contributed by atoms with van der Waals surface area (Å²) in [5.74, 6) is -0.181. The van der Waals surface area contributed by atoms with E-state index in [4.69, 9.17) is 5.73 Å². The van der Waals surface area contributed by atoms with E-state index >= 15 is 0 Å². The standard InChI is InChI=1S/C11H15F3N4S/c1-2-7-6-18(3-4-19-7)9-5-8(15)16-10(17-9)11(12,13)14/h5,7H,2-4,6H2,1H3,(H2,15,16,17). The highest BCUT2D eigenvalue weighted by molar-refractivity contribution is 8.00. The Morgan fingerprint density at radius 1 is 1.47 bits per heavy atom. The quantitative estimate of drug-likeness (QED) is 0.907. The van der Waals surface area contributed by atoms with Crippen LogP contribution in [0.15, 0.2) is 6.07 Å². The summed E-state index contributed by atoms with van der Waals surface area (Å²) in [7, 11) is 0. The molecule has 2 N–H and O–H groups in total. The highest BCUT2D eigenvalue weighted by Gasteiger charge is 2.36. The van der Waals surface area contributed by atoms with Crippen molar-refractivity contribution in [2.45, 2.75) is 24.8 Å². The van der Waals surface area contributed by atoms with Crippen LogP contribution in [0.3, 0.4) is 0 Å². The Morgan fingerprint density at radius 2 is 2.21 bits per heavy atom. The van der Waals surface area contributed by atoms with E-state index < -0.39 is 12.0 Å². The van der Waals surface area contributed by atoms with Crippen molar-refractivity contribution >= 4 is 23.4 Å². The highest BCUT2D eigenvalue weighted by Crippen LogP contribution is 2.30. The minimum atomic E-state index is -4.57. The van der Waals surface area contributed by atoms with E-state index in [1.807, 2.05) is 16.7 Å². The average Bonchev–Trinajstić information content (AvgIpc) is 2.37. The van der Waals surface area contributed by atoms with Gasteiger partial charge >= 0.3 is 6.18 Å². The first-order valence-electron chi connectivity index (χ1n) is 5.98. The Kier molecular flexibility index (Phi) is 4.07. The lowest BCUT2D eigenvalue weighted by atomic mass is 10.3. The summed E-state index contributed by atoms with van der Waals surface area (Å²) in [4.78, 5) is 8.69. The topological polar surface area (TPSA) is 55.0 Å². The fourth-order valence-electron chi connectivity index (χ4n) is 1.92. The van der Waals surface area contributed by atoms with E-state index in [0.717, 1.165) is 12.2 Å². The molecule has 0 amide bonds. The molecule has 1 aromatic heterocycles. The Labute approximate surface area is 113 Å². The van der Waals surface area contributed by atoms with Crippen LogP contribution < -0.4 is 10.6 Å². The van der Waals surface area contributed by atoms with E-state index in [1.165, 1.54) is 6.07 Å². The Morgan fingerprint density at radius 3 is 2.84 bits per heavy atom. The number of rotatable bonds is 2. The van der Waals surface area contributed by atoms with Crippen LogP contribution in [0.25, 0.3) is 0 Å². The smallest absolute Gasteiger partial charge is 0.384 e. The van der Waals surface area contributed by atoms with E-state index in [-0.39, 0.29) is 11.6 Å². The number of thioether (sulfide) groups is 1. The molecule has 8 heteroatoms. The summed E-state index contributed by atoms with van der Waals surface area (Å²) < 4.78 is 38.0. The number of nitrogen functional groups attached to an aromatic ring is 1. The number of anilines is 2. The molecule has 0 aliphatic carbocycles. The van der Waals surface area contributed by atoms with Crippen LogP contribution in [0, 0.1) is 0 Å². The molecule has 2 rings (SSSR count). The van der Waals surface area contributed by atoms with Crippen LogP contribution in [-0.2, 0) is 6.18 Å². The molecule has 0 aromatic carbocycles. The van der Waals surface area contributed by atoms with Gasteiger partial charge in [0, 0.05) is 30.2 Å². The zero-order valence-corrected chi connectivity index (χ0v) is 11.3. The van der Waals surface area contributed by atoms with Crippen LogP contribution in [0.4, 0.5) is 24.8 Å². The molecule has 0 spiro atoms. The Bertz CT molecular complexity index is 452. The van der Waals surface area contributed by atoms with Crippen molar-refractivity contribution in [1.29, 1.82) is 0 Å². The maximum atomic E-state index is 12.7. The zero-order chi connectivity index (χ0) is 14.0. The molecule has 1 aliphatic rings. The number of aromatic nitrogens is 2. The van der Waals surface area contributed by atoms with Gasteiger partial charge in [0.2, 0.25) is 5.82 Å². The molecule has 106 valence electrons. The fraction of sp³-hybridized carbons (Fsp3) is 0.636. The number of nitrogens with two attached hydrogens (primary N) is 1. The lowest BCUT2D eigenvalue weighted by molar-refractivity contribution is -0.144. The summed E-state index contributed by atoms with van der Waals surface area (Å²) in [6, 6.07) is 1.40. The minimum absolute atomic E-state index is 0.149. The maximum Gasteiger partial charge on any atom is 0.451 e. The molecule has 2 heterocycles. The molecule has 0 radical (unpaired) electrons. The van der Waals surface area contributed by atoms with Crippen molar-refractivity contribution in [1.82, 2.24) is 9.97 Å². The van der Waals surface area contributed by atoms with Gasteiger partial charge in [0.15, 0.2) is 0 Å². The normalized spacial score (nSPS) is 20.6. The van der Waals surface area contributed by atoms with Crippen molar-refractivity contribution < 1.29 is 13.2 Å². The van der Waals surface area contributed by atoms with Crippen molar-refractivity contribution in [2.24, 2.45) is 0 Å². The molecule has 1 unspecified atom stereocenters. The van der Waals surface area contributed by atoms with E-state index in [9.17, 15) is 13.2 Å². The highest BCUT2D eigenvalue weighted by atomic mass is 32.2. The van der Waals surface area contributed by atoms with Crippen LogP contribution in [0.5, 0.6) is 0 Å². The summed E-state index contributed by atoms with van der Waals surface area (Å²) >= 11 is 1.84. The van der Waals surface area contributed by atoms with Crippen molar-refractivity contribution in [2.75, 3.05) is 29.5 Å². The second kappa shape index (κ2) is 5.44.